The Hall–Kier alpha value is -0.240. The highest BCUT2D eigenvalue weighted by atomic mass is 35.5. The van der Waals surface area contributed by atoms with Crippen LogP contribution < -0.4 is 0 Å². The molecule has 0 bridgehead atoms. The second kappa shape index (κ2) is 5.20. The standard InChI is InChI=1S/C12H20ClNO/c13-8-7-12(15)14-9-3-5-10-4-1-2-6-11(10)14/h10-11H,1-9H2/t10-,11-/m0/s1. The molecule has 1 saturated heterocycles. The predicted molar refractivity (Wildman–Crippen MR) is 62.0 cm³/mol. The molecule has 1 heterocycles. The van der Waals surface area contributed by atoms with Crippen molar-refractivity contribution in [3.8, 4) is 0 Å². The van der Waals surface area contributed by atoms with Gasteiger partial charge in [0, 0.05) is 24.9 Å². The number of alkyl halides is 1. The molecule has 86 valence electrons. The molecule has 0 radical (unpaired) electrons. The zero-order chi connectivity index (χ0) is 10.7. The maximum atomic E-state index is 11.9. The summed E-state index contributed by atoms with van der Waals surface area (Å²) in [6, 6.07) is 0.545. The van der Waals surface area contributed by atoms with Gasteiger partial charge in [0.2, 0.25) is 5.91 Å². The van der Waals surface area contributed by atoms with Crippen molar-refractivity contribution in [1.82, 2.24) is 4.90 Å². The van der Waals surface area contributed by atoms with Gasteiger partial charge in [0.05, 0.1) is 0 Å². The van der Waals surface area contributed by atoms with Crippen LogP contribution in [0, 0.1) is 5.92 Å². The minimum Gasteiger partial charge on any atom is -0.339 e. The molecule has 15 heavy (non-hydrogen) atoms. The molecule has 1 aliphatic heterocycles. The lowest BCUT2D eigenvalue weighted by molar-refractivity contribution is -0.137. The summed E-state index contributed by atoms with van der Waals surface area (Å²) in [5, 5.41) is 0. The first-order valence-electron chi connectivity index (χ1n) is 6.18. The highest BCUT2D eigenvalue weighted by molar-refractivity contribution is 6.18. The lowest BCUT2D eigenvalue weighted by Gasteiger charge is -2.44. The summed E-state index contributed by atoms with van der Waals surface area (Å²) in [4.78, 5) is 14.0. The number of hydrogen-bond acceptors (Lipinski definition) is 1. The van der Waals surface area contributed by atoms with Crippen molar-refractivity contribution in [3.63, 3.8) is 0 Å². The molecular formula is C12H20ClNO. The zero-order valence-electron chi connectivity index (χ0n) is 9.25. The van der Waals surface area contributed by atoms with Crippen LogP contribution in [0.2, 0.25) is 0 Å². The normalized spacial score (nSPS) is 31.1. The van der Waals surface area contributed by atoms with Crippen molar-refractivity contribution >= 4 is 17.5 Å². The zero-order valence-corrected chi connectivity index (χ0v) is 10.0. The van der Waals surface area contributed by atoms with Crippen LogP contribution in [0.15, 0.2) is 0 Å². The van der Waals surface area contributed by atoms with Crippen LogP contribution in [0.1, 0.15) is 44.9 Å². The molecule has 2 fully saturated rings. The number of nitrogens with zero attached hydrogens (tertiary/aromatic N) is 1. The second-order valence-electron chi connectivity index (χ2n) is 4.78. The Bertz CT molecular complexity index is 230. The van der Waals surface area contributed by atoms with E-state index >= 15 is 0 Å². The Kier molecular flexibility index (Phi) is 3.90. The van der Waals surface area contributed by atoms with Crippen molar-refractivity contribution < 1.29 is 4.79 Å². The molecular weight excluding hydrogens is 210 g/mol. The highest BCUT2D eigenvalue weighted by Gasteiger charge is 2.35. The van der Waals surface area contributed by atoms with Gasteiger partial charge >= 0.3 is 0 Å². The van der Waals surface area contributed by atoms with Crippen LogP contribution in [0.5, 0.6) is 0 Å². The van der Waals surface area contributed by atoms with Gasteiger partial charge in [-0.3, -0.25) is 4.79 Å². The molecule has 2 aliphatic rings. The van der Waals surface area contributed by atoms with Gasteiger partial charge in [-0.15, -0.1) is 11.6 Å². The molecule has 2 rings (SSSR count). The van der Waals surface area contributed by atoms with Crippen molar-refractivity contribution in [2.75, 3.05) is 12.4 Å². The number of carbonyl (C=O) groups is 1. The van der Waals surface area contributed by atoms with Crippen LogP contribution in [0.3, 0.4) is 0 Å². The quantitative estimate of drug-likeness (QED) is 0.667. The predicted octanol–water partition coefficient (Wildman–Crippen LogP) is 2.80. The van der Waals surface area contributed by atoms with Crippen LogP contribution in [-0.4, -0.2) is 29.3 Å². The van der Waals surface area contributed by atoms with E-state index in [2.05, 4.69) is 4.90 Å². The third-order valence-electron chi connectivity index (χ3n) is 3.87. The van der Waals surface area contributed by atoms with Crippen LogP contribution in [-0.2, 0) is 4.79 Å². The van der Waals surface area contributed by atoms with Gasteiger partial charge in [0.25, 0.3) is 0 Å². The molecule has 2 nitrogen and oxygen atoms in total. The van der Waals surface area contributed by atoms with Crippen molar-refractivity contribution in [2.45, 2.75) is 51.0 Å². The van der Waals surface area contributed by atoms with Crippen LogP contribution in [0.4, 0.5) is 0 Å². The van der Waals surface area contributed by atoms with E-state index in [0.717, 1.165) is 12.5 Å². The highest BCUT2D eigenvalue weighted by Crippen LogP contribution is 2.35. The maximum Gasteiger partial charge on any atom is 0.224 e. The Morgan fingerprint density at radius 3 is 2.73 bits per heavy atom. The minimum absolute atomic E-state index is 0.279. The van der Waals surface area contributed by atoms with E-state index < -0.39 is 0 Å². The number of amides is 1. The largest absolute Gasteiger partial charge is 0.339 e. The molecule has 1 amide bonds. The molecule has 2 atom stereocenters. The monoisotopic (exact) mass is 229 g/mol. The Labute approximate surface area is 97.0 Å². The molecule has 0 aromatic carbocycles. The first-order valence-corrected chi connectivity index (χ1v) is 6.72. The summed E-state index contributed by atoms with van der Waals surface area (Å²) in [6.07, 6.45) is 8.24. The fraction of sp³-hybridized carbons (Fsp3) is 0.917. The van der Waals surface area contributed by atoms with Gasteiger partial charge in [-0.05, 0) is 31.6 Å². The number of fused-ring (bicyclic) bond motifs is 1. The van der Waals surface area contributed by atoms with E-state index in [0.29, 0.717) is 18.3 Å². The maximum absolute atomic E-state index is 11.9. The van der Waals surface area contributed by atoms with Gasteiger partial charge in [0.1, 0.15) is 0 Å². The SMILES string of the molecule is O=C(CCCl)N1CCC[C@@H]2CCCC[C@@H]21. The molecule has 0 spiro atoms. The summed E-state index contributed by atoms with van der Waals surface area (Å²) in [5.74, 6) is 1.53. The summed E-state index contributed by atoms with van der Waals surface area (Å²) in [6.45, 7) is 0.969. The Morgan fingerprint density at radius 1 is 1.20 bits per heavy atom. The number of rotatable bonds is 2. The topological polar surface area (TPSA) is 20.3 Å². The second-order valence-corrected chi connectivity index (χ2v) is 5.16. The average molecular weight is 230 g/mol. The first-order chi connectivity index (χ1) is 7.33. The van der Waals surface area contributed by atoms with Gasteiger partial charge < -0.3 is 4.90 Å². The van der Waals surface area contributed by atoms with E-state index in [-0.39, 0.29) is 5.91 Å². The fourth-order valence-electron chi connectivity index (χ4n) is 3.16. The minimum atomic E-state index is 0.279. The van der Waals surface area contributed by atoms with E-state index in [4.69, 9.17) is 11.6 Å². The molecule has 0 unspecified atom stereocenters. The lowest BCUT2D eigenvalue weighted by Crippen LogP contribution is -2.49. The number of carbonyl (C=O) groups excluding carboxylic acids is 1. The van der Waals surface area contributed by atoms with E-state index in [9.17, 15) is 4.79 Å². The number of piperidine rings is 1. The van der Waals surface area contributed by atoms with Gasteiger partial charge in [-0.25, -0.2) is 0 Å². The van der Waals surface area contributed by atoms with Gasteiger partial charge in [0.15, 0.2) is 0 Å². The summed E-state index contributed by atoms with van der Waals surface area (Å²) >= 11 is 5.64. The molecule has 0 aromatic rings. The summed E-state index contributed by atoms with van der Waals surface area (Å²) in [5.41, 5.74) is 0. The number of likely N-dealkylation sites (tertiary alicyclic amines) is 1. The van der Waals surface area contributed by atoms with Crippen LogP contribution >= 0.6 is 11.6 Å². The lowest BCUT2D eigenvalue weighted by atomic mass is 9.78. The number of halogens is 1. The Balaban J connectivity index is 2.00. The van der Waals surface area contributed by atoms with Gasteiger partial charge in [-0.1, -0.05) is 12.8 Å². The van der Waals surface area contributed by atoms with E-state index in [1.165, 1.54) is 38.5 Å². The third-order valence-corrected chi connectivity index (χ3v) is 4.06. The average Bonchev–Trinajstić information content (AvgIpc) is 2.28. The molecule has 0 N–H and O–H groups in total. The molecule has 1 aliphatic carbocycles. The molecule has 0 aromatic heterocycles. The van der Waals surface area contributed by atoms with E-state index in [1.54, 1.807) is 0 Å². The van der Waals surface area contributed by atoms with Crippen LogP contribution in [0.25, 0.3) is 0 Å². The number of hydrogen-bond donors (Lipinski definition) is 0. The van der Waals surface area contributed by atoms with Crippen molar-refractivity contribution in [2.24, 2.45) is 5.92 Å². The van der Waals surface area contributed by atoms with E-state index in [1.807, 2.05) is 0 Å². The fourth-order valence-corrected chi connectivity index (χ4v) is 3.32. The van der Waals surface area contributed by atoms with Gasteiger partial charge in [-0.2, -0.15) is 0 Å². The molecule has 3 heteroatoms. The smallest absolute Gasteiger partial charge is 0.224 e. The van der Waals surface area contributed by atoms with Crippen molar-refractivity contribution in [3.05, 3.63) is 0 Å². The summed E-state index contributed by atoms with van der Waals surface area (Å²) in [7, 11) is 0. The van der Waals surface area contributed by atoms with Crippen molar-refractivity contribution in [1.29, 1.82) is 0 Å². The third kappa shape index (κ3) is 2.47. The Morgan fingerprint density at radius 2 is 1.93 bits per heavy atom. The first kappa shape index (κ1) is 11.3. The summed E-state index contributed by atoms with van der Waals surface area (Å²) < 4.78 is 0. The molecule has 1 saturated carbocycles.